The van der Waals surface area contributed by atoms with Crippen LogP contribution in [0.15, 0.2) is 42.5 Å². The summed E-state index contributed by atoms with van der Waals surface area (Å²) in [5, 5.41) is 9.37. The molecule has 2 N–H and O–H groups in total. The number of hydrogen-bond acceptors (Lipinski definition) is 4. The molecule has 0 fully saturated rings. The minimum Gasteiger partial charge on any atom is -0.376 e. The molecule has 3 aromatic rings. The van der Waals surface area contributed by atoms with Crippen molar-refractivity contribution < 1.29 is 13.9 Å². The zero-order chi connectivity index (χ0) is 17.8. The van der Waals surface area contributed by atoms with Crippen LogP contribution in [0.1, 0.15) is 26.4 Å². The molecule has 0 radical (unpaired) electrons. The molecule has 0 atom stereocenters. The lowest BCUT2D eigenvalue weighted by atomic mass is 10.0. The molecule has 2 aromatic carbocycles. The van der Waals surface area contributed by atoms with Gasteiger partial charge in [0.15, 0.2) is 0 Å². The Balaban J connectivity index is 0.000000146. The van der Waals surface area contributed by atoms with Crippen LogP contribution < -0.4 is 5.73 Å². The molecule has 0 saturated heterocycles. The highest BCUT2D eigenvalue weighted by Crippen LogP contribution is 2.27. The zero-order valence-electron chi connectivity index (χ0n) is 13.3. The lowest BCUT2D eigenvalue weighted by Gasteiger charge is -2.16. The van der Waals surface area contributed by atoms with Gasteiger partial charge in [0.1, 0.15) is 16.8 Å². The van der Waals surface area contributed by atoms with Crippen molar-refractivity contribution in [3.8, 4) is 6.07 Å². The van der Waals surface area contributed by atoms with E-state index in [2.05, 4.69) is 0 Å². The minimum absolute atomic E-state index is 0.251. The van der Waals surface area contributed by atoms with E-state index in [0.717, 1.165) is 24.0 Å². The van der Waals surface area contributed by atoms with Crippen molar-refractivity contribution >= 4 is 27.3 Å². The first-order valence-electron chi connectivity index (χ1n) is 7.66. The van der Waals surface area contributed by atoms with E-state index in [1.807, 2.05) is 18.2 Å². The first kappa shape index (κ1) is 17.1. The van der Waals surface area contributed by atoms with Gasteiger partial charge in [-0.05, 0) is 47.2 Å². The first-order valence-corrected chi connectivity index (χ1v) is 8.47. The van der Waals surface area contributed by atoms with E-state index in [0.29, 0.717) is 21.7 Å². The minimum atomic E-state index is -0.366. The summed E-state index contributed by atoms with van der Waals surface area (Å²) in [6, 6.07) is 14.1. The van der Waals surface area contributed by atoms with Crippen molar-refractivity contribution in [2.45, 2.75) is 13.0 Å². The van der Waals surface area contributed by atoms with Crippen LogP contribution >= 0.6 is 11.3 Å². The summed E-state index contributed by atoms with van der Waals surface area (Å²) in [7, 11) is 0. The molecule has 0 bridgehead atoms. The molecule has 0 spiro atoms. The number of halogens is 1. The Morgan fingerprint density at radius 1 is 1.24 bits per heavy atom. The Bertz CT molecular complexity index is 975. The molecule has 0 saturated carbocycles. The number of benzene rings is 2. The Kier molecular flexibility index (Phi) is 5.08. The fourth-order valence-corrected chi connectivity index (χ4v) is 3.46. The highest BCUT2D eigenvalue weighted by atomic mass is 32.1. The maximum absolute atomic E-state index is 13.0. The van der Waals surface area contributed by atoms with Crippen LogP contribution in [-0.4, -0.2) is 12.5 Å². The predicted octanol–water partition coefficient (Wildman–Crippen LogP) is 3.77. The van der Waals surface area contributed by atoms with Gasteiger partial charge >= 0.3 is 0 Å². The standard InChI is InChI=1S/C10H11NO2.C9H4FNS/c11-10(12)8-1-2-9-6-13-4-3-7(9)5-8;10-8-3-1-2-6-4-7(5-11)12-9(6)8/h1-2,5H,3-4,6H2,(H2,11,12);1-4H. The number of thiophene rings is 1. The molecule has 4 nitrogen and oxygen atoms in total. The highest BCUT2D eigenvalue weighted by molar-refractivity contribution is 7.19. The van der Waals surface area contributed by atoms with Crippen molar-refractivity contribution in [3.63, 3.8) is 0 Å². The van der Waals surface area contributed by atoms with Crippen LogP contribution in [0, 0.1) is 17.1 Å². The molecule has 1 amide bonds. The number of nitrogens with two attached hydrogens (primary N) is 1. The number of fused-ring (bicyclic) bond motifs is 2. The van der Waals surface area contributed by atoms with Crippen molar-refractivity contribution in [3.05, 3.63) is 69.8 Å². The predicted molar refractivity (Wildman–Crippen MR) is 94.8 cm³/mol. The number of amides is 1. The quantitative estimate of drug-likeness (QED) is 0.723. The van der Waals surface area contributed by atoms with Gasteiger partial charge in [0, 0.05) is 5.56 Å². The molecule has 4 rings (SSSR count). The Morgan fingerprint density at radius 2 is 2.08 bits per heavy atom. The average Bonchev–Trinajstić information content (AvgIpc) is 3.07. The van der Waals surface area contributed by atoms with E-state index in [9.17, 15) is 9.18 Å². The third-order valence-corrected chi connectivity index (χ3v) is 4.93. The molecule has 0 aliphatic carbocycles. The molecule has 0 unspecified atom stereocenters. The number of nitriles is 1. The normalized spacial score (nSPS) is 12.6. The molecule has 126 valence electrons. The first-order chi connectivity index (χ1) is 12.1. The number of carbonyl (C=O) groups excluding carboxylic acids is 1. The second-order valence-corrected chi connectivity index (χ2v) is 6.58. The fraction of sp³-hybridized carbons (Fsp3) is 0.158. The Hall–Kier alpha value is -2.75. The number of hydrogen-bond donors (Lipinski definition) is 1. The van der Waals surface area contributed by atoms with Crippen molar-refractivity contribution in [1.82, 2.24) is 0 Å². The molecule has 6 heteroatoms. The van der Waals surface area contributed by atoms with E-state index in [1.165, 1.54) is 23.0 Å². The number of carbonyl (C=O) groups is 1. The topological polar surface area (TPSA) is 76.1 Å². The maximum Gasteiger partial charge on any atom is 0.248 e. The van der Waals surface area contributed by atoms with E-state index in [4.69, 9.17) is 15.7 Å². The second-order valence-electron chi connectivity index (χ2n) is 5.53. The van der Waals surface area contributed by atoms with Gasteiger partial charge in [-0.15, -0.1) is 11.3 Å². The lowest BCUT2D eigenvalue weighted by molar-refractivity contribution is 0.0997. The number of ether oxygens (including phenoxy) is 1. The SMILES string of the molecule is N#Cc1cc2cccc(F)c2s1.NC(=O)c1ccc2c(c1)CCOC2. The van der Waals surface area contributed by atoms with Crippen LogP contribution in [-0.2, 0) is 17.8 Å². The van der Waals surface area contributed by atoms with Crippen LogP contribution in [0.4, 0.5) is 4.39 Å². The van der Waals surface area contributed by atoms with Crippen molar-refractivity contribution in [1.29, 1.82) is 5.26 Å². The van der Waals surface area contributed by atoms with Gasteiger partial charge in [0.25, 0.3) is 0 Å². The third kappa shape index (κ3) is 3.85. The summed E-state index contributed by atoms with van der Waals surface area (Å²) in [6.45, 7) is 1.38. The summed E-state index contributed by atoms with van der Waals surface area (Å²) in [5.74, 6) is -0.617. The smallest absolute Gasteiger partial charge is 0.248 e. The van der Waals surface area contributed by atoms with Crippen LogP contribution in [0.2, 0.25) is 0 Å². The van der Waals surface area contributed by atoms with E-state index < -0.39 is 0 Å². The van der Waals surface area contributed by atoms with Gasteiger partial charge in [-0.25, -0.2) is 4.39 Å². The van der Waals surface area contributed by atoms with Gasteiger partial charge in [-0.1, -0.05) is 18.2 Å². The van der Waals surface area contributed by atoms with Gasteiger partial charge in [-0.2, -0.15) is 5.26 Å². The molecule has 2 heterocycles. The summed E-state index contributed by atoms with van der Waals surface area (Å²) in [5.41, 5.74) is 8.11. The van der Waals surface area contributed by atoms with Gasteiger partial charge in [0.2, 0.25) is 5.91 Å². The van der Waals surface area contributed by atoms with Gasteiger partial charge in [0.05, 0.1) is 17.9 Å². The number of primary amides is 1. The van der Waals surface area contributed by atoms with Gasteiger partial charge in [-0.3, -0.25) is 4.79 Å². The zero-order valence-corrected chi connectivity index (χ0v) is 14.1. The molecule has 1 aliphatic heterocycles. The molecule has 25 heavy (non-hydrogen) atoms. The van der Waals surface area contributed by atoms with Crippen molar-refractivity contribution in [2.24, 2.45) is 5.73 Å². The summed E-state index contributed by atoms with van der Waals surface area (Å²) in [4.78, 5) is 11.4. The summed E-state index contributed by atoms with van der Waals surface area (Å²) < 4.78 is 18.9. The van der Waals surface area contributed by atoms with Crippen LogP contribution in [0.3, 0.4) is 0 Å². The maximum atomic E-state index is 13.0. The number of nitrogens with zero attached hydrogens (tertiary/aromatic N) is 1. The summed E-state index contributed by atoms with van der Waals surface area (Å²) >= 11 is 1.19. The summed E-state index contributed by atoms with van der Waals surface area (Å²) in [6.07, 6.45) is 0.871. The van der Waals surface area contributed by atoms with E-state index in [1.54, 1.807) is 24.3 Å². The largest absolute Gasteiger partial charge is 0.376 e. The lowest BCUT2D eigenvalue weighted by Crippen LogP contribution is -2.14. The Labute approximate surface area is 148 Å². The van der Waals surface area contributed by atoms with Crippen molar-refractivity contribution in [2.75, 3.05) is 6.61 Å². The monoisotopic (exact) mass is 354 g/mol. The molecular formula is C19H15FN2O2S. The second kappa shape index (κ2) is 7.43. The average molecular weight is 354 g/mol. The van der Waals surface area contributed by atoms with E-state index >= 15 is 0 Å². The third-order valence-electron chi connectivity index (χ3n) is 3.87. The van der Waals surface area contributed by atoms with E-state index in [-0.39, 0.29) is 11.7 Å². The number of rotatable bonds is 1. The molecule has 1 aromatic heterocycles. The highest BCUT2D eigenvalue weighted by Gasteiger charge is 2.11. The van der Waals surface area contributed by atoms with Gasteiger partial charge < -0.3 is 10.5 Å². The van der Waals surface area contributed by atoms with Crippen LogP contribution in [0.25, 0.3) is 10.1 Å². The molecule has 1 aliphatic rings. The van der Waals surface area contributed by atoms with Crippen LogP contribution in [0.5, 0.6) is 0 Å². The fourth-order valence-electron chi connectivity index (χ4n) is 2.60. The Morgan fingerprint density at radius 3 is 2.80 bits per heavy atom. The molecular weight excluding hydrogens is 339 g/mol.